The minimum Gasteiger partial charge on any atom is -0.478 e. The molecule has 3 rings (SSSR count). The van der Waals surface area contributed by atoms with Gasteiger partial charge in [-0.25, -0.2) is 4.79 Å². The predicted molar refractivity (Wildman–Crippen MR) is 89.2 cm³/mol. The largest absolute Gasteiger partial charge is 0.478 e. The SMILES string of the molecule is O=C(O)c1cc(Br)cc(Sc2ccc3ccccc3c2)c1. The van der Waals surface area contributed by atoms with Gasteiger partial charge in [-0.3, -0.25) is 0 Å². The third-order valence-electron chi connectivity index (χ3n) is 3.07. The number of rotatable bonds is 3. The van der Waals surface area contributed by atoms with Crippen LogP contribution in [0.1, 0.15) is 10.4 Å². The number of halogens is 1. The quantitative estimate of drug-likeness (QED) is 0.676. The normalized spacial score (nSPS) is 10.7. The number of carboxylic acids is 1. The van der Waals surface area contributed by atoms with Gasteiger partial charge in [-0.2, -0.15) is 0 Å². The van der Waals surface area contributed by atoms with E-state index in [0.717, 1.165) is 14.3 Å². The molecule has 1 N–H and O–H groups in total. The Hall–Kier alpha value is -1.78. The summed E-state index contributed by atoms with van der Waals surface area (Å²) in [6, 6.07) is 19.6. The van der Waals surface area contributed by atoms with Crippen molar-refractivity contribution in [2.24, 2.45) is 0 Å². The van der Waals surface area contributed by atoms with E-state index in [1.165, 1.54) is 10.8 Å². The van der Waals surface area contributed by atoms with Crippen molar-refractivity contribution in [2.75, 3.05) is 0 Å². The highest BCUT2D eigenvalue weighted by Gasteiger charge is 2.07. The van der Waals surface area contributed by atoms with Gasteiger partial charge in [-0.1, -0.05) is 58.0 Å². The van der Waals surface area contributed by atoms with Gasteiger partial charge in [0, 0.05) is 14.3 Å². The minimum absolute atomic E-state index is 0.285. The molecule has 0 heterocycles. The average Bonchev–Trinajstić information content (AvgIpc) is 2.46. The fourth-order valence-electron chi connectivity index (χ4n) is 2.11. The molecule has 3 aromatic carbocycles. The van der Waals surface area contributed by atoms with E-state index >= 15 is 0 Å². The van der Waals surface area contributed by atoms with Crippen LogP contribution in [0.15, 0.2) is 74.9 Å². The molecule has 0 radical (unpaired) electrons. The summed E-state index contributed by atoms with van der Waals surface area (Å²) in [7, 11) is 0. The van der Waals surface area contributed by atoms with Crippen molar-refractivity contribution in [3.8, 4) is 0 Å². The van der Waals surface area contributed by atoms with E-state index in [4.69, 9.17) is 5.11 Å². The summed E-state index contributed by atoms with van der Waals surface area (Å²) in [4.78, 5) is 13.1. The molecular formula is C17H11BrO2S. The maximum atomic E-state index is 11.1. The molecule has 2 nitrogen and oxygen atoms in total. The van der Waals surface area contributed by atoms with Gasteiger partial charge in [0.1, 0.15) is 0 Å². The summed E-state index contributed by atoms with van der Waals surface area (Å²) in [6.45, 7) is 0. The summed E-state index contributed by atoms with van der Waals surface area (Å²) in [5.74, 6) is -0.920. The van der Waals surface area contributed by atoms with Gasteiger partial charge in [0.2, 0.25) is 0 Å². The maximum absolute atomic E-state index is 11.1. The van der Waals surface area contributed by atoms with Crippen LogP contribution in [0.5, 0.6) is 0 Å². The first kappa shape index (κ1) is 14.2. The van der Waals surface area contributed by atoms with Crippen molar-refractivity contribution in [2.45, 2.75) is 9.79 Å². The lowest BCUT2D eigenvalue weighted by Crippen LogP contribution is -1.96. The smallest absolute Gasteiger partial charge is 0.335 e. The number of carbonyl (C=O) groups is 1. The lowest BCUT2D eigenvalue weighted by atomic mass is 10.1. The lowest BCUT2D eigenvalue weighted by Gasteiger charge is -2.06. The Morgan fingerprint density at radius 3 is 2.43 bits per heavy atom. The molecule has 0 aliphatic rings. The van der Waals surface area contributed by atoms with Gasteiger partial charge in [-0.05, 0) is 41.1 Å². The summed E-state index contributed by atoms with van der Waals surface area (Å²) in [5.41, 5.74) is 0.285. The van der Waals surface area contributed by atoms with E-state index < -0.39 is 5.97 Å². The summed E-state index contributed by atoms with van der Waals surface area (Å²) >= 11 is 4.91. The fourth-order valence-corrected chi connectivity index (χ4v) is 3.72. The second kappa shape index (κ2) is 5.92. The van der Waals surface area contributed by atoms with Crippen LogP contribution in [0.2, 0.25) is 0 Å². The van der Waals surface area contributed by atoms with Gasteiger partial charge >= 0.3 is 5.97 Å². The van der Waals surface area contributed by atoms with E-state index in [1.54, 1.807) is 23.9 Å². The van der Waals surface area contributed by atoms with Gasteiger partial charge in [-0.15, -0.1) is 0 Å². The van der Waals surface area contributed by atoms with Crippen LogP contribution in [0, 0.1) is 0 Å². The molecule has 0 amide bonds. The van der Waals surface area contributed by atoms with Crippen LogP contribution in [-0.2, 0) is 0 Å². The first-order chi connectivity index (χ1) is 10.1. The average molecular weight is 359 g/mol. The lowest BCUT2D eigenvalue weighted by molar-refractivity contribution is 0.0696. The zero-order valence-corrected chi connectivity index (χ0v) is 13.3. The van der Waals surface area contributed by atoms with Crippen LogP contribution in [0.25, 0.3) is 10.8 Å². The Kier molecular flexibility index (Phi) is 3.99. The van der Waals surface area contributed by atoms with Crippen molar-refractivity contribution in [1.29, 1.82) is 0 Å². The monoisotopic (exact) mass is 358 g/mol. The van der Waals surface area contributed by atoms with Gasteiger partial charge in [0.15, 0.2) is 0 Å². The van der Waals surface area contributed by atoms with Crippen LogP contribution in [0.3, 0.4) is 0 Å². The molecule has 0 aliphatic carbocycles. The first-order valence-corrected chi connectivity index (χ1v) is 7.93. The number of carboxylic acid groups (broad SMARTS) is 1. The molecule has 4 heteroatoms. The molecule has 0 aliphatic heterocycles. The number of fused-ring (bicyclic) bond motifs is 1. The van der Waals surface area contributed by atoms with Crippen molar-refractivity contribution < 1.29 is 9.90 Å². The molecule has 0 spiro atoms. The van der Waals surface area contributed by atoms with Gasteiger partial charge in [0.25, 0.3) is 0 Å². The molecule has 0 atom stereocenters. The van der Waals surface area contributed by atoms with Crippen molar-refractivity contribution in [3.63, 3.8) is 0 Å². The van der Waals surface area contributed by atoms with Gasteiger partial charge < -0.3 is 5.11 Å². The Balaban J connectivity index is 1.96. The number of hydrogen-bond donors (Lipinski definition) is 1. The molecule has 0 fully saturated rings. The topological polar surface area (TPSA) is 37.3 Å². The van der Waals surface area contributed by atoms with Crippen molar-refractivity contribution in [3.05, 3.63) is 70.7 Å². The summed E-state index contributed by atoms with van der Waals surface area (Å²) < 4.78 is 0.769. The standard InChI is InChI=1S/C17H11BrO2S/c18-14-7-13(17(19)20)9-16(10-14)21-15-6-5-11-3-1-2-4-12(11)8-15/h1-10H,(H,19,20). The number of hydrogen-bond acceptors (Lipinski definition) is 2. The Bertz CT molecular complexity index is 830. The Labute approximate surface area is 134 Å². The maximum Gasteiger partial charge on any atom is 0.335 e. The fraction of sp³-hybridized carbons (Fsp3) is 0. The minimum atomic E-state index is -0.920. The summed E-state index contributed by atoms with van der Waals surface area (Å²) in [5, 5.41) is 11.5. The summed E-state index contributed by atoms with van der Waals surface area (Å²) in [6.07, 6.45) is 0. The molecule has 21 heavy (non-hydrogen) atoms. The van der Waals surface area contributed by atoms with Crippen molar-refractivity contribution >= 4 is 44.4 Å². The number of benzene rings is 3. The van der Waals surface area contributed by atoms with Crippen LogP contribution >= 0.6 is 27.7 Å². The molecule has 3 aromatic rings. The van der Waals surface area contributed by atoms with Crippen molar-refractivity contribution in [1.82, 2.24) is 0 Å². The zero-order chi connectivity index (χ0) is 14.8. The molecule has 104 valence electrons. The van der Waals surface area contributed by atoms with Crippen LogP contribution < -0.4 is 0 Å². The van der Waals surface area contributed by atoms with E-state index in [-0.39, 0.29) is 5.56 Å². The highest BCUT2D eigenvalue weighted by atomic mass is 79.9. The van der Waals surface area contributed by atoms with E-state index in [0.29, 0.717) is 0 Å². The van der Waals surface area contributed by atoms with Gasteiger partial charge in [0.05, 0.1) is 5.56 Å². The van der Waals surface area contributed by atoms with Crippen LogP contribution in [0.4, 0.5) is 0 Å². The second-order valence-electron chi connectivity index (χ2n) is 4.59. The highest BCUT2D eigenvalue weighted by molar-refractivity contribution is 9.10. The van der Waals surface area contributed by atoms with Crippen LogP contribution in [-0.4, -0.2) is 11.1 Å². The molecule has 0 saturated heterocycles. The Morgan fingerprint density at radius 2 is 1.67 bits per heavy atom. The highest BCUT2D eigenvalue weighted by Crippen LogP contribution is 2.32. The van der Waals surface area contributed by atoms with E-state index in [1.807, 2.05) is 24.3 Å². The van der Waals surface area contributed by atoms with E-state index in [2.05, 4.69) is 40.2 Å². The molecular weight excluding hydrogens is 348 g/mol. The molecule has 0 unspecified atom stereocenters. The zero-order valence-electron chi connectivity index (χ0n) is 10.9. The molecule has 0 aromatic heterocycles. The predicted octanol–water partition coefficient (Wildman–Crippen LogP) is 5.45. The third kappa shape index (κ3) is 3.28. The number of aromatic carboxylic acids is 1. The molecule has 0 bridgehead atoms. The Morgan fingerprint density at radius 1 is 0.905 bits per heavy atom. The third-order valence-corrected chi connectivity index (χ3v) is 4.49. The van der Waals surface area contributed by atoms with E-state index in [9.17, 15) is 4.79 Å². The first-order valence-electron chi connectivity index (χ1n) is 6.32. The second-order valence-corrected chi connectivity index (χ2v) is 6.65. The molecule has 0 saturated carbocycles.